The Morgan fingerprint density at radius 2 is 1.53 bits per heavy atom. The first-order valence-electron chi connectivity index (χ1n) is 20.9. The molecule has 0 aliphatic carbocycles. The Morgan fingerprint density at radius 1 is 0.875 bits per heavy atom. The summed E-state index contributed by atoms with van der Waals surface area (Å²) in [6, 6.07) is 9.02. The smallest absolute Gasteiger partial charge is 0.333 e. The highest BCUT2D eigenvalue weighted by Crippen LogP contribution is 2.41. The van der Waals surface area contributed by atoms with Gasteiger partial charge < -0.3 is 40.5 Å². The van der Waals surface area contributed by atoms with E-state index in [0.717, 1.165) is 23.8 Å². The molecule has 4 atom stereocenters. The Morgan fingerprint density at radius 3 is 2.12 bits per heavy atom. The summed E-state index contributed by atoms with van der Waals surface area (Å²) in [7, 11) is 0. The number of benzene rings is 2. The number of halogens is 2. The molecule has 2 heterocycles. The number of carbonyl (C=O) groups is 8. The molecular formula is C45H56F2N6O11. The number of nitrogens with zero attached hydrogens (tertiary/aromatic N) is 3. The summed E-state index contributed by atoms with van der Waals surface area (Å²) in [5.74, 6) is -8.48. The number of hydroxylamine groups is 2. The normalized spacial score (nSPS) is 14.7. The van der Waals surface area contributed by atoms with Gasteiger partial charge in [-0.1, -0.05) is 65.0 Å². The van der Waals surface area contributed by atoms with Crippen LogP contribution < -0.4 is 16.0 Å². The Bertz CT molecular complexity index is 2190. The van der Waals surface area contributed by atoms with E-state index < -0.39 is 101 Å². The molecule has 5 N–H and O–H groups in total. The summed E-state index contributed by atoms with van der Waals surface area (Å²) >= 11 is 0. The van der Waals surface area contributed by atoms with Gasteiger partial charge in [-0.25, -0.2) is 18.4 Å². The maximum atomic E-state index is 15.1. The van der Waals surface area contributed by atoms with E-state index in [0.29, 0.717) is 16.3 Å². The van der Waals surface area contributed by atoms with Crippen molar-refractivity contribution in [1.29, 1.82) is 0 Å². The molecule has 0 saturated carbocycles. The van der Waals surface area contributed by atoms with E-state index in [4.69, 9.17) is 4.84 Å². The van der Waals surface area contributed by atoms with Gasteiger partial charge in [-0.15, -0.1) is 5.06 Å². The maximum Gasteiger partial charge on any atom is 0.333 e. The number of aliphatic carboxylic acids is 1. The van der Waals surface area contributed by atoms with Gasteiger partial charge in [0.1, 0.15) is 36.4 Å². The summed E-state index contributed by atoms with van der Waals surface area (Å²) in [6.07, 6.45) is 0.591. The predicted octanol–water partition coefficient (Wildman–Crippen LogP) is 3.77. The summed E-state index contributed by atoms with van der Waals surface area (Å²) in [4.78, 5) is 107. The van der Waals surface area contributed by atoms with Gasteiger partial charge in [-0.05, 0) is 60.9 Å². The molecule has 346 valence electrons. The highest BCUT2D eigenvalue weighted by Gasteiger charge is 2.38. The lowest BCUT2D eigenvalue weighted by Gasteiger charge is -2.41. The third-order valence-corrected chi connectivity index (χ3v) is 10.5. The van der Waals surface area contributed by atoms with Gasteiger partial charge in [-0.3, -0.25) is 28.8 Å². The number of aliphatic hydroxyl groups excluding tert-OH is 1. The van der Waals surface area contributed by atoms with Crippen molar-refractivity contribution in [2.75, 3.05) is 13.2 Å². The maximum absolute atomic E-state index is 15.1. The van der Waals surface area contributed by atoms with Crippen LogP contribution in [-0.4, -0.2) is 103 Å². The van der Waals surface area contributed by atoms with Crippen LogP contribution in [0.3, 0.4) is 0 Å². The molecule has 0 spiro atoms. The van der Waals surface area contributed by atoms with Gasteiger partial charge in [0, 0.05) is 61.8 Å². The Hall–Kier alpha value is -6.50. The van der Waals surface area contributed by atoms with E-state index in [-0.39, 0.29) is 57.2 Å². The lowest BCUT2D eigenvalue weighted by Crippen LogP contribution is -2.56. The second-order valence-electron chi connectivity index (χ2n) is 17.0. The monoisotopic (exact) mass is 894 g/mol. The lowest BCUT2D eigenvalue weighted by molar-refractivity contribution is -0.197. The highest BCUT2D eigenvalue weighted by atomic mass is 19.1. The number of imide groups is 1. The zero-order valence-electron chi connectivity index (χ0n) is 36.7. The third kappa shape index (κ3) is 13.5. The van der Waals surface area contributed by atoms with Crippen molar-refractivity contribution in [2.45, 2.75) is 111 Å². The molecular weight excluding hydrogens is 839 g/mol. The summed E-state index contributed by atoms with van der Waals surface area (Å²) in [5, 5.41) is 28.2. The number of rotatable bonds is 21. The minimum absolute atomic E-state index is 0.0227. The van der Waals surface area contributed by atoms with E-state index >= 15 is 4.39 Å². The Labute approximate surface area is 369 Å². The van der Waals surface area contributed by atoms with Gasteiger partial charge in [0.05, 0.1) is 6.04 Å². The van der Waals surface area contributed by atoms with Gasteiger partial charge in [0.15, 0.2) is 0 Å². The summed E-state index contributed by atoms with van der Waals surface area (Å²) in [5.41, 5.74) is 0.814. The number of nitrogens with one attached hydrogen (secondary N) is 3. The average molecular weight is 895 g/mol. The standard InChI is InChI=1S/C45H56F2N6O11/c1-26(2)40(50-35(55)13-10-14-39(59)64-53-36(56)17-18-37(53)57)43(61)48-27(3)42(60)49-33(44(62)63)19-20-52(38(58)25-54)41(45(4,5)6)34-21-29(31-22-30(46)15-16-32(31)47)24-51(34)23-28-11-8-7-9-12-28/h7-9,11-12,15-16,21-22,24,26-27,33,40-41,54H,10,13-14,17-20,23,25H2,1-6H3,(H,48,61)(H,49,60)(H,50,55)(H,62,63). The van der Waals surface area contributed by atoms with Crippen molar-refractivity contribution >= 4 is 47.4 Å². The minimum Gasteiger partial charge on any atom is -0.480 e. The fraction of sp³-hybridized carbons (Fsp3) is 0.467. The van der Waals surface area contributed by atoms with Crippen LogP contribution in [0, 0.1) is 23.0 Å². The second kappa shape index (κ2) is 22.2. The Balaban J connectivity index is 1.47. The number of aliphatic hydroxyl groups is 1. The minimum atomic E-state index is -1.59. The van der Waals surface area contributed by atoms with E-state index in [9.17, 15) is 53.0 Å². The first-order valence-corrected chi connectivity index (χ1v) is 20.9. The number of carboxylic acids is 1. The molecule has 4 rings (SSSR count). The van der Waals surface area contributed by atoms with Crippen molar-refractivity contribution < 1.29 is 62.2 Å². The molecule has 3 aromatic rings. The van der Waals surface area contributed by atoms with Crippen molar-refractivity contribution in [3.63, 3.8) is 0 Å². The molecule has 6 amide bonds. The van der Waals surface area contributed by atoms with Crippen molar-refractivity contribution in [1.82, 2.24) is 30.5 Å². The number of amides is 6. The number of hydrogen-bond donors (Lipinski definition) is 5. The summed E-state index contributed by atoms with van der Waals surface area (Å²) in [6.45, 7) is 9.07. The number of hydrogen-bond acceptors (Lipinski definition) is 10. The van der Waals surface area contributed by atoms with Crippen LogP contribution in [0.4, 0.5) is 8.78 Å². The SMILES string of the molecule is CC(NC(=O)C(NC(=O)CCCC(=O)ON1C(=O)CCC1=O)C(C)C)C(=O)NC(CCN(C(=O)CO)C(c1cc(-c2cc(F)ccc2F)cn1Cc1ccccc1)C(C)(C)C)C(=O)O. The average Bonchev–Trinajstić information content (AvgIpc) is 3.78. The fourth-order valence-electron chi connectivity index (χ4n) is 7.27. The van der Waals surface area contributed by atoms with Crippen LogP contribution >= 0.6 is 0 Å². The molecule has 17 nitrogen and oxygen atoms in total. The van der Waals surface area contributed by atoms with Crippen molar-refractivity contribution in [3.8, 4) is 11.1 Å². The Kier molecular flexibility index (Phi) is 17.4. The first-order chi connectivity index (χ1) is 30.1. The molecule has 0 radical (unpaired) electrons. The zero-order valence-corrected chi connectivity index (χ0v) is 36.7. The van der Waals surface area contributed by atoms with E-state index in [2.05, 4.69) is 16.0 Å². The van der Waals surface area contributed by atoms with Gasteiger partial charge in [0.25, 0.3) is 11.8 Å². The van der Waals surface area contributed by atoms with E-state index in [1.54, 1.807) is 30.7 Å². The molecule has 1 aliphatic heterocycles. The zero-order chi connectivity index (χ0) is 47.5. The van der Waals surface area contributed by atoms with Gasteiger partial charge in [0.2, 0.25) is 23.6 Å². The van der Waals surface area contributed by atoms with Crippen LogP contribution in [0.1, 0.15) is 97.4 Å². The quantitative estimate of drug-likeness (QED) is 0.0966. The molecule has 1 aliphatic rings. The van der Waals surface area contributed by atoms with Crippen molar-refractivity contribution in [3.05, 3.63) is 83.7 Å². The summed E-state index contributed by atoms with van der Waals surface area (Å²) < 4.78 is 31.3. The van der Waals surface area contributed by atoms with Crippen LogP contribution in [0.25, 0.3) is 11.1 Å². The van der Waals surface area contributed by atoms with Crippen molar-refractivity contribution in [2.24, 2.45) is 11.3 Å². The topological polar surface area (TPSA) is 234 Å². The molecule has 19 heteroatoms. The molecule has 1 saturated heterocycles. The highest BCUT2D eigenvalue weighted by molar-refractivity contribution is 6.01. The fourth-order valence-corrected chi connectivity index (χ4v) is 7.27. The van der Waals surface area contributed by atoms with E-state index in [1.807, 2.05) is 51.1 Å². The largest absolute Gasteiger partial charge is 0.480 e. The first kappa shape index (κ1) is 50.1. The predicted molar refractivity (Wildman–Crippen MR) is 226 cm³/mol. The van der Waals surface area contributed by atoms with Gasteiger partial charge in [-0.2, -0.15) is 0 Å². The molecule has 1 fully saturated rings. The third-order valence-electron chi connectivity index (χ3n) is 10.5. The molecule has 4 unspecified atom stereocenters. The molecule has 1 aromatic heterocycles. The molecule has 64 heavy (non-hydrogen) atoms. The van der Waals surface area contributed by atoms with Crippen LogP contribution in [-0.2, 0) is 49.7 Å². The van der Waals surface area contributed by atoms with Crippen LogP contribution in [0.5, 0.6) is 0 Å². The molecule has 2 aromatic carbocycles. The number of carboxylic acid groups (broad SMARTS) is 1. The number of carbonyl (C=O) groups excluding carboxylic acids is 7. The number of aromatic nitrogens is 1. The van der Waals surface area contributed by atoms with Crippen LogP contribution in [0.15, 0.2) is 60.8 Å². The second-order valence-corrected chi connectivity index (χ2v) is 17.0. The molecule has 0 bridgehead atoms. The lowest BCUT2D eigenvalue weighted by atomic mass is 9.82. The van der Waals surface area contributed by atoms with Crippen LogP contribution in [0.2, 0.25) is 0 Å². The van der Waals surface area contributed by atoms with Gasteiger partial charge >= 0.3 is 11.9 Å². The van der Waals surface area contributed by atoms with E-state index in [1.165, 1.54) is 11.8 Å².